The Hall–Kier alpha value is -2.85. The zero-order valence-electron chi connectivity index (χ0n) is 14.2. The van der Waals surface area contributed by atoms with E-state index >= 15 is 0 Å². The average Bonchev–Trinajstić information content (AvgIpc) is 2.50. The molecule has 0 heterocycles. The Morgan fingerprint density at radius 2 is 1.88 bits per heavy atom. The van der Waals surface area contributed by atoms with Crippen LogP contribution in [0.4, 0.5) is 24.5 Å². The number of amides is 1. The first-order valence-electron chi connectivity index (χ1n) is 7.50. The van der Waals surface area contributed by atoms with Crippen LogP contribution in [0.5, 0.6) is 0 Å². The van der Waals surface area contributed by atoms with Gasteiger partial charge in [0.1, 0.15) is 11.7 Å². The molecule has 0 radical (unpaired) electrons. The van der Waals surface area contributed by atoms with Crippen molar-refractivity contribution in [3.63, 3.8) is 0 Å². The highest BCUT2D eigenvalue weighted by Crippen LogP contribution is 2.35. The number of anilines is 1. The SMILES string of the molecule is CC(C)NC(=O)COC(=O)C(C)Nc1ccc(C(F)(F)F)cc1[N+](=O)[O-]. The van der Waals surface area contributed by atoms with Crippen molar-refractivity contribution in [1.29, 1.82) is 0 Å². The molecule has 0 aliphatic carbocycles. The van der Waals surface area contributed by atoms with Crippen molar-refractivity contribution >= 4 is 23.3 Å². The summed E-state index contributed by atoms with van der Waals surface area (Å²) < 4.78 is 42.7. The van der Waals surface area contributed by atoms with Crippen molar-refractivity contribution in [3.05, 3.63) is 33.9 Å². The first kappa shape index (κ1) is 21.2. The Labute approximate surface area is 146 Å². The van der Waals surface area contributed by atoms with E-state index < -0.39 is 46.9 Å². The lowest BCUT2D eigenvalue weighted by Gasteiger charge is -2.16. The molecular formula is C15H18F3N3O5. The predicted molar refractivity (Wildman–Crippen MR) is 85.4 cm³/mol. The zero-order valence-corrected chi connectivity index (χ0v) is 14.2. The summed E-state index contributed by atoms with van der Waals surface area (Å²) in [6.45, 7) is 4.18. The van der Waals surface area contributed by atoms with Crippen LogP contribution in [0.3, 0.4) is 0 Å². The lowest BCUT2D eigenvalue weighted by molar-refractivity contribution is -0.384. The van der Waals surface area contributed by atoms with Crippen molar-refractivity contribution < 1.29 is 32.4 Å². The molecule has 2 N–H and O–H groups in total. The van der Waals surface area contributed by atoms with E-state index in [-0.39, 0.29) is 11.7 Å². The number of nitrogens with zero attached hydrogens (tertiary/aromatic N) is 1. The normalized spacial score (nSPS) is 12.4. The van der Waals surface area contributed by atoms with Crippen LogP contribution in [-0.2, 0) is 20.5 Å². The molecule has 0 aromatic heterocycles. The van der Waals surface area contributed by atoms with Gasteiger partial charge in [-0.2, -0.15) is 13.2 Å². The number of rotatable bonds is 7. The maximum Gasteiger partial charge on any atom is 0.416 e. The fraction of sp³-hybridized carbons (Fsp3) is 0.467. The van der Waals surface area contributed by atoms with Gasteiger partial charge in [0.25, 0.3) is 11.6 Å². The van der Waals surface area contributed by atoms with Crippen molar-refractivity contribution in [1.82, 2.24) is 5.32 Å². The number of ether oxygens (including phenoxy) is 1. The third kappa shape index (κ3) is 6.22. The summed E-state index contributed by atoms with van der Waals surface area (Å²) in [6.07, 6.45) is -4.74. The second kappa shape index (κ2) is 8.50. The number of hydrogen-bond acceptors (Lipinski definition) is 6. The second-order valence-corrected chi connectivity index (χ2v) is 5.68. The van der Waals surface area contributed by atoms with Gasteiger partial charge in [-0.05, 0) is 32.9 Å². The molecular weight excluding hydrogens is 359 g/mol. The number of alkyl halides is 3. The molecule has 0 bridgehead atoms. The Balaban J connectivity index is 2.82. The van der Waals surface area contributed by atoms with E-state index in [1.165, 1.54) is 6.92 Å². The van der Waals surface area contributed by atoms with Crippen LogP contribution >= 0.6 is 0 Å². The van der Waals surface area contributed by atoms with Crippen LogP contribution < -0.4 is 10.6 Å². The maximum absolute atomic E-state index is 12.7. The number of halogens is 3. The van der Waals surface area contributed by atoms with Crippen LogP contribution in [-0.4, -0.2) is 35.5 Å². The van der Waals surface area contributed by atoms with Crippen molar-refractivity contribution in [2.45, 2.75) is 39.0 Å². The molecule has 1 aromatic carbocycles. The molecule has 1 atom stereocenters. The Bertz CT molecular complexity index is 692. The Kier molecular flexibility index (Phi) is 6.93. The van der Waals surface area contributed by atoms with E-state index in [2.05, 4.69) is 10.6 Å². The van der Waals surface area contributed by atoms with Crippen molar-refractivity contribution in [3.8, 4) is 0 Å². The van der Waals surface area contributed by atoms with Crippen LogP contribution in [0.1, 0.15) is 26.3 Å². The smallest absolute Gasteiger partial charge is 0.416 e. The first-order chi connectivity index (χ1) is 11.9. The molecule has 1 aromatic rings. The third-order valence-corrected chi connectivity index (χ3v) is 3.04. The molecule has 144 valence electrons. The molecule has 11 heteroatoms. The number of nitro groups is 1. The number of nitrogens with one attached hydrogen (secondary N) is 2. The minimum absolute atomic E-state index is 0.147. The minimum atomic E-state index is -4.74. The van der Waals surface area contributed by atoms with E-state index in [1.54, 1.807) is 13.8 Å². The van der Waals surface area contributed by atoms with Gasteiger partial charge in [0.05, 0.1) is 10.5 Å². The van der Waals surface area contributed by atoms with Gasteiger partial charge in [-0.15, -0.1) is 0 Å². The van der Waals surface area contributed by atoms with Crippen LogP contribution in [0.2, 0.25) is 0 Å². The molecule has 0 fully saturated rings. The predicted octanol–water partition coefficient (Wildman–Crippen LogP) is 2.48. The van der Waals surface area contributed by atoms with Gasteiger partial charge >= 0.3 is 12.1 Å². The standard InChI is InChI=1S/C15H18F3N3O5/c1-8(2)19-13(22)7-26-14(23)9(3)20-11-5-4-10(15(16,17)18)6-12(11)21(24)25/h4-6,8-9,20H,7H2,1-3H3,(H,19,22). The number of esters is 1. The van der Waals surface area contributed by atoms with E-state index in [1.807, 2.05) is 0 Å². The largest absolute Gasteiger partial charge is 0.454 e. The number of benzene rings is 1. The maximum atomic E-state index is 12.7. The van der Waals surface area contributed by atoms with Gasteiger partial charge < -0.3 is 15.4 Å². The van der Waals surface area contributed by atoms with E-state index in [9.17, 15) is 32.9 Å². The molecule has 1 rings (SSSR count). The van der Waals surface area contributed by atoms with Crippen LogP contribution in [0, 0.1) is 10.1 Å². The van der Waals surface area contributed by atoms with E-state index in [4.69, 9.17) is 4.74 Å². The fourth-order valence-electron chi connectivity index (χ4n) is 1.90. The van der Waals surface area contributed by atoms with Crippen molar-refractivity contribution in [2.75, 3.05) is 11.9 Å². The summed E-state index contributed by atoms with van der Waals surface area (Å²) in [5, 5.41) is 15.9. The fourth-order valence-corrected chi connectivity index (χ4v) is 1.90. The van der Waals surface area contributed by atoms with E-state index in [0.29, 0.717) is 12.1 Å². The second-order valence-electron chi connectivity index (χ2n) is 5.68. The zero-order chi connectivity index (χ0) is 20.1. The highest BCUT2D eigenvalue weighted by Gasteiger charge is 2.33. The quantitative estimate of drug-likeness (QED) is 0.429. The molecule has 0 spiro atoms. The summed E-state index contributed by atoms with van der Waals surface area (Å²) in [6, 6.07) is 0.611. The molecule has 1 unspecified atom stereocenters. The molecule has 0 saturated carbocycles. The molecule has 0 aliphatic heterocycles. The van der Waals surface area contributed by atoms with Gasteiger partial charge in [-0.25, -0.2) is 4.79 Å². The molecule has 0 saturated heterocycles. The topological polar surface area (TPSA) is 111 Å². The summed E-state index contributed by atoms with van der Waals surface area (Å²) in [7, 11) is 0. The number of carbonyl (C=O) groups is 2. The molecule has 8 nitrogen and oxygen atoms in total. The van der Waals surface area contributed by atoms with Gasteiger partial charge in [-0.3, -0.25) is 14.9 Å². The van der Waals surface area contributed by atoms with Gasteiger partial charge in [-0.1, -0.05) is 0 Å². The van der Waals surface area contributed by atoms with Crippen LogP contribution in [0.15, 0.2) is 18.2 Å². The lowest BCUT2D eigenvalue weighted by atomic mass is 10.1. The highest BCUT2D eigenvalue weighted by atomic mass is 19.4. The first-order valence-corrected chi connectivity index (χ1v) is 7.50. The number of carbonyl (C=O) groups excluding carboxylic acids is 2. The van der Waals surface area contributed by atoms with Gasteiger partial charge in [0.2, 0.25) is 0 Å². The Morgan fingerprint density at radius 1 is 1.27 bits per heavy atom. The molecule has 26 heavy (non-hydrogen) atoms. The summed E-state index contributed by atoms with van der Waals surface area (Å²) in [4.78, 5) is 33.2. The van der Waals surface area contributed by atoms with Crippen LogP contribution in [0.25, 0.3) is 0 Å². The Morgan fingerprint density at radius 3 is 2.38 bits per heavy atom. The lowest BCUT2D eigenvalue weighted by Crippen LogP contribution is -2.36. The van der Waals surface area contributed by atoms with Crippen molar-refractivity contribution in [2.24, 2.45) is 0 Å². The van der Waals surface area contributed by atoms with Gasteiger partial charge in [0, 0.05) is 12.1 Å². The van der Waals surface area contributed by atoms with Gasteiger partial charge in [0.15, 0.2) is 6.61 Å². The highest BCUT2D eigenvalue weighted by molar-refractivity contribution is 5.84. The van der Waals surface area contributed by atoms with E-state index in [0.717, 1.165) is 6.07 Å². The summed E-state index contributed by atoms with van der Waals surface area (Å²) >= 11 is 0. The summed E-state index contributed by atoms with van der Waals surface area (Å²) in [5.74, 6) is -1.42. The average molecular weight is 377 g/mol. The molecule has 0 aliphatic rings. The third-order valence-electron chi connectivity index (χ3n) is 3.04. The summed E-state index contributed by atoms with van der Waals surface area (Å²) in [5.41, 5.74) is -2.30. The number of nitro benzene ring substituents is 1. The minimum Gasteiger partial charge on any atom is -0.454 e. The number of hydrogen-bond donors (Lipinski definition) is 2. The monoisotopic (exact) mass is 377 g/mol. The molecule has 1 amide bonds.